The van der Waals surface area contributed by atoms with Crippen molar-refractivity contribution in [1.82, 2.24) is 19.9 Å². The summed E-state index contributed by atoms with van der Waals surface area (Å²) in [5, 5.41) is 4.33. The number of nitrogens with zero attached hydrogens (tertiary/aromatic N) is 4. The zero-order valence-electron chi connectivity index (χ0n) is 21.5. The molecule has 0 spiro atoms. The smallest absolute Gasteiger partial charge is 0.0971 e. The number of benzene rings is 4. The largest absolute Gasteiger partial charge is 0.254 e. The zero-order chi connectivity index (χ0) is 26.5. The summed E-state index contributed by atoms with van der Waals surface area (Å²) in [4.78, 5) is 19.2. The normalized spacial score (nSPS) is 11.5. The van der Waals surface area contributed by atoms with Crippen LogP contribution >= 0.6 is 0 Å². The molecule has 0 bridgehead atoms. The molecule has 0 aliphatic carbocycles. The third-order valence-electron chi connectivity index (χ3n) is 7.52. The SMILES string of the molecule is c1ccc(-c2ccc3cc(-c4ccc5nc(-c6cc7cccnc7c7ncccc67)ccc5c4)ccc3n2)cc1. The van der Waals surface area contributed by atoms with Gasteiger partial charge in [-0.05, 0) is 65.7 Å². The maximum atomic E-state index is 5.07. The minimum Gasteiger partial charge on any atom is -0.254 e. The van der Waals surface area contributed by atoms with Gasteiger partial charge in [-0.25, -0.2) is 9.97 Å². The van der Waals surface area contributed by atoms with Crippen LogP contribution in [0.15, 0.2) is 134 Å². The van der Waals surface area contributed by atoms with Crippen molar-refractivity contribution in [1.29, 1.82) is 0 Å². The van der Waals surface area contributed by atoms with Crippen LogP contribution in [-0.4, -0.2) is 19.9 Å². The lowest BCUT2D eigenvalue weighted by Gasteiger charge is -2.11. The predicted molar refractivity (Wildman–Crippen MR) is 164 cm³/mol. The molecule has 40 heavy (non-hydrogen) atoms. The molecule has 4 heterocycles. The van der Waals surface area contributed by atoms with Crippen LogP contribution < -0.4 is 0 Å². The van der Waals surface area contributed by atoms with Crippen LogP contribution in [0.4, 0.5) is 0 Å². The minimum atomic E-state index is 0.898. The van der Waals surface area contributed by atoms with Gasteiger partial charge in [-0.3, -0.25) is 9.97 Å². The van der Waals surface area contributed by atoms with E-state index in [1.807, 2.05) is 42.7 Å². The first kappa shape index (κ1) is 22.5. The second-order valence-electron chi connectivity index (χ2n) is 9.97. The molecule has 0 radical (unpaired) electrons. The molecule has 0 N–H and O–H groups in total. The molecule has 186 valence electrons. The fourth-order valence-corrected chi connectivity index (χ4v) is 5.52. The summed E-state index contributed by atoms with van der Waals surface area (Å²) in [6.45, 7) is 0. The number of fused-ring (bicyclic) bond motifs is 5. The Kier molecular flexibility index (Phi) is 5.10. The van der Waals surface area contributed by atoms with Gasteiger partial charge < -0.3 is 0 Å². The van der Waals surface area contributed by atoms with Crippen LogP contribution in [0.2, 0.25) is 0 Å². The highest BCUT2D eigenvalue weighted by Gasteiger charge is 2.12. The molecule has 0 saturated heterocycles. The van der Waals surface area contributed by atoms with Gasteiger partial charge in [0.05, 0.1) is 33.5 Å². The molecule has 8 aromatic rings. The van der Waals surface area contributed by atoms with E-state index in [4.69, 9.17) is 9.97 Å². The Morgan fingerprint density at radius 3 is 1.80 bits per heavy atom. The minimum absolute atomic E-state index is 0.898. The fourth-order valence-electron chi connectivity index (χ4n) is 5.52. The summed E-state index contributed by atoms with van der Waals surface area (Å²) in [7, 11) is 0. The van der Waals surface area contributed by atoms with Crippen molar-refractivity contribution in [2.45, 2.75) is 0 Å². The molecule has 0 amide bonds. The van der Waals surface area contributed by atoms with Crippen molar-refractivity contribution in [2.24, 2.45) is 0 Å². The fraction of sp³-hybridized carbons (Fsp3) is 0. The molecule has 0 saturated carbocycles. The van der Waals surface area contributed by atoms with Crippen LogP contribution in [0, 0.1) is 0 Å². The Morgan fingerprint density at radius 1 is 0.400 bits per heavy atom. The van der Waals surface area contributed by atoms with Gasteiger partial charge in [0, 0.05) is 45.1 Å². The van der Waals surface area contributed by atoms with E-state index in [1.165, 1.54) is 0 Å². The highest BCUT2D eigenvalue weighted by molar-refractivity contribution is 6.10. The topological polar surface area (TPSA) is 51.6 Å². The monoisotopic (exact) mass is 510 g/mol. The summed E-state index contributed by atoms with van der Waals surface area (Å²) in [5.74, 6) is 0. The van der Waals surface area contributed by atoms with E-state index in [-0.39, 0.29) is 0 Å². The highest BCUT2D eigenvalue weighted by atomic mass is 14.7. The van der Waals surface area contributed by atoms with Crippen LogP contribution in [0.3, 0.4) is 0 Å². The van der Waals surface area contributed by atoms with Crippen LogP contribution in [0.1, 0.15) is 0 Å². The van der Waals surface area contributed by atoms with Crippen molar-refractivity contribution in [2.75, 3.05) is 0 Å². The Labute approximate surface area is 230 Å². The van der Waals surface area contributed by atoms with Gasteiger partial charge in [-0.1, -0.05) is 66.7 Å². The maximum absolute atomic E-state index is 5.07. The van der Waals surface area contributed by atoms with E-state index in [1.54, 1.807) is 0 Å². The average Bonchev–Trinajstić information content (AvgIpc) is 3.04. The molecule has 4 aromatic carbocycles. The van der Waals surface area contributed by atoms with Gasteiger partial charge in [0.2, 0.25) is 0 Å². The molecule has 8 rings (SSSR count). The van der Waals surface area contributed by atoms with Crippen molar-refractivity contribution in [3.05, 3.63) is 134 Å². The molecule has 0 unspecified atom stereocenters. The number of hydrogen-bond donors (Lipinski definition) is 0. The van der Waals surface area contributed by atoms with Crippen molar-refractivity contribution in [3.63, 3.8) is 0 Å². The van der Waals surface area contributed by atoms with Gasteiger partial charge in [-0.15, -0.1) is 0 Å². The number of pyridine rings is 4. The summed E-state index contributed by atoms with van der Waals surface area (Å²) >= 11 is 0. The van der Waals surface area contributed by atoms with Crippen LogP contribution in [0.5, 0.6) is 0 Å². The molecular weight excluding hydrogens is 488 g/mol. The number of hydrogen-bond acceptors (Lipinski definition) is 4. The lowest BCUT2D eigenvalue weighted by molar-refractivity contribution is 1.36. The molecule has 0 fully saturated rings. The number of aromatic nitrogens is 4. The second kappa shape index (κ2) is 9.07. The van der Waals surface area contributed by atoms with Gasteiger partial charge >= 0.3 is 0 Å². The van der Waals surface area contributed by atoms with E-state index in [0.29, 0.717) is 0 Å². The van der Waals surface area contributed by atoms with Gasteiger partial charge in [0.15, 0.2) is 0 Å². The number of rotatable bonds is 3. The Bertz CT molecular complexity index is 2220. The lowest BCUT2D eigenvalue weighted by atomic mass is 9.99. The maximum Gasteiger partial charge on any atom is 0.0971 e. The molecular formula is C36H22N4. The van der Waals surface area contributed by atoms with E-state index < -0.39 is 0 Å². The van der Waals surface area contributed by atoms with Crippen molar-refractivity contribution < 1.29 is 0 Å². The standard InChI is InChI=1S/C36H22N4/c1-2-6-23(7-3-1)31-16-12-26-20-24(10-14-32(26)39-31)25-11-15-33-27(21-25)13-17-34(40-33)30-22-28-8-4-18-37-35(28)36-29(30)9-5-19-38-36/h1-22H. The highest BCUT2D eigenvalue weighted by Crippen LogP contribution is 2.34. The van der Waals surface area contributed by atoms with Gasteiger partial charge in [-0.2, -0.15) is 0 Å². The summed E-state index contributed by atoms with van der Waals surface area (Å²) in [5.41, 5.74) is 10.2. The summed E-state index contributed by atoms with van der Waals surface area (Å²) < 4.78 is 0. The van der Waals surface area contributed by atoms with E-state index in [0.717, 1.165) is 77.3 Å². The average molecular weight is 511 g/mol. The van der Waals surface area contributed by atoms with Gasteiger partial charge in [0.1, 0.15) is 0 Å². The van der Waals surface area contributed by atoms with E-state index in [2.05, 4.69) is 101 Å². The third kappa shape index (κ3) is 3.77. The first-order chi connectivity index (χ1) is 19.8. The van der Waals surface area contributed by atoms with E-state index >= 15 is 0 Å². The van der Waals surface area contributed by atoms with Crippen LogP contribution in [0.25, 0.3) is 77.3 Å². The Balaban J connectivity index is 1.18. The first-order valence-electron chi connectivity index (χ1n) is 13.3. The Hall–Kier alpha value is -5.48. The van der Waals surface area contributed by atoms with Crippen molar-refractivity contribution >= 4 is 43.6 Å². The zero-order valence-corrected chi connectivity index (χ0v) is 21.5. The second-order valence-corrected chi connectivity index (χ2v) is 9.97. The van der Waals surface area contributed by atoms with E-state index in [9.17, 15) is 0 Å². The molecule has 4 nitrogen and oxygen atoms in total. The molecule has 0 atom stereocenters. The molecule has 0 aliphatic rings. The molecule has 4 aromatic heterocycles. The summed E-state index contributed by atoms with van der Waals surface area (Å²) in [6.07, 6.45) is 3.64. The first-order valence-corrected chi connectivity index (χ1v) is 13.3. The molecule has 4 heteroatoms. The summed E-state index contributed by atoms with van der Waals surface area (Å²) in [6, 6.07) is 42.0. The van der Waals surface area contributed by atoms with Crippen LogP contribution in [-0.2, 0) is 0 Å². The quantitative estimate of drug-likeness (QED) is 0.223. The van der Waals surface area contributed by atoms with Gasteiger partial charge in [0.25, 0.3) is 0 Å². The Morgan fingerprint density at radius 2 is 1.05 bits per heavy atom. The molecule has 0 aliphatic heterocycles. The lowest BCUT2D eigenvalue weighted by Crippen LogP contribution is -1.91. The van der Waals surface area contributed by atoms with Crippen molar-refractivity contribution in [3.8, 4) is 33.6 Å². The third-order valence-corrected chi connectivity index (χ3v) is 7.52. The predicted octanol–water partition coefficient (Wildman–Crippen LogP) is 8.88.